The molecule has 4 heteroatoms. The van der Waals surface area contributed by atoms with Crippen molar-refractivity contribution in [3.63, 3.8) is 0 Å². The maximum absolute atomic E-state index is 11.7. The molecule has 0 radical (unpaired) electrons. The molecule has 1 aromatic rings. The van der Waals surface area contributed by atoms with Gasteiger partial charge in [0.25, 0.3) is 0 Å². The summed E-state index contributed by atoms with van der Waals surface area (Å²) >= 11 is 0. The van der Waals surface area contributed by atoms with E-state index in [4.69, 9.17) is 0 Å². The van der Waals surface area contributed by atoms with Crippen molar-refractivity contribution >= 4 is 9.84 Å². The summed E-state index contributed by atoms with van der Waals surface area (Å²) in [5.74, 6) is 0.144. The highest BCUT2D eigenvalue weighted by Gasteiger charge is 2.19. The minimum atomic E-state index is -3.09. The van der Waals surface area contributed by atoms with Crippen molar-refractivity contribution in [2.45, 2.75) is 52.1 Å². The molecular weight excluding hydrogens is 258 g/mol. The molecule has 1 aromatic carbocycles. The first-order chi connectivity index (χ1) is 8.66. The molecule has 0 saturated heterocycles. The van der Waals surface area contributed by atoms with Gasteiger partial charge in [-0.15, -0.1) is 0 Å². The highest BCUT2D eigenvalue weighted by atomic mass is 32.2. The van der Waals surface area contributed by atoms with Crippen molar-refractivity contribution in [1.82, 2.24) is 5.32 Å². The van der Waals surface area contributed by atoms with Crippen LogP contribution < -0.4 is 5.32 Å². The second kappa shape index (κ2) is 6.06. The molecule has 0 aliphatic carbocycles. The molecule has 108 valence electrons. The van der Waals surface area contributed by atoms with Crippen LogP contribution in [0.4, 0.5) is 0 Å². The van der Waals surface area contributed by atoms with Crippen LogP contribution in [0.2, 0.25) is 0 Å². The predicted octanol–water partition coefficient (Wildman–Crippen LogP) is 3.00. The standard InChI is InChI=1S/C15H25NO2S/c1-6-19(17,18)14-9-7-13(8-10-14)11-16-12(2)15(3,4)5/h7-10,12,16H,6,11H2,1-5H3. The lowest BCUT2D eigenvalue weighted by Crippen LogP contribution is -2.37. The topological polar surface area (TPSA) is 46.2 Å². The Balaban J connectivity index is 2.69. The second-order valence-electron chi connectivity index (χ2n) is 6.02. The van der Waals surface area contributed by atoms with E-state index in [-0.39, 0.29) is 11.2 Å². The molecule has 0 heterocycles. The number of benzene rings is 1. The molecular formula is C15H25NO2S. The summed E-state index contributed by atoms with van der Waals surface area (Å²) in [6, 6.07) is 7.54. The van der Waals surface area contributed by atoms with Gasteiger partial charge in [-0.05, 0) is 30.0 Å². The van der Waals surface area contributed by atoms with E-state index in [1.807, 2.05) is 12.1 Å². The summed E-state index contributed by atoms with van der Waals surface area (Å²) in [4.78, 5) is 0.405. The Hall–Kier alpha value is -0.870. The van der Waals surface area contributed by atoms with Crippen molar-refractivity contribution in [2.75, 3.05) is 5.75 Å². The summed E-state index contributed by atoms with van der Waals surface area (Å²) in [6.45, 7) is 11.2. The van der Waals surface area contributed by atoms with E-state index in [0.29, 0.717) is 10.9 Å². The third-order valence-electron chi connectivity index (χ3n) is 3.57. The average molecular weight is 283 g/mol. The molecule has 0 spiro atoms. The molecule has 0 aliphatic heterocycles. The molecule has 1 rings (SSSR count). The molecule has 0 amide bonds. The number of hydrogen-bond donors (Lipinski definition) is 1. The molecule has 1 N–H and O–H groups in total. The predicted molar refractivity (Wildman–Crippen MR) is 79.9 cm³/mol. The maximum Gasteiger partial charge on any atom is 0.178 e. The second-order valence-corrected chi connectivity index (χ2v) is 8.29. The zero-order valence-corrected chi connectivity index (χ0v) is 13.3. The summed E-state index contributed by atoms with van der Waals surface area (Å²) in [5.41, 5.74) is 1.32. The average Bonchev–Trinajstić information content (AvgIpc) is 2.35. The summed E-state index contributed by atoms with van der Waals surface area (Å²) in [7, 11) is -3.09. The molecule has 19 heavy (non-hydrogen) atoms. The lowest BCUT2D eigenvalue weighted by molar-refractivity contribution is 0.285. The van der Waals surface area contributed by atoms with Gasteiger partial charge in [0.2, 0.25) is 0 Å². The fraction of sp³-hybridized carbons (Fsp3) is 0.600. The lowest BCUT2D eigenvalue weighted by atomic mass is 9.88. The Kier molecular flexibility index (Phi) is 5.16. The Morgan fingerprint density at radius 1 is 1.16 bits per heavy atom. The number of rotatable bonds is 5. The first-order valence-electron chi connectivity index (χ1n) is 6.72. The summed E-state index contributed by atoms with van der Waals surface area (Å²) in [6.07, 6.45) is 0. The van der Waals surface area contributed by atoms with Gasteiger partial charge in [0.15, 0.2) is 9.84 Å². The van der Waals surface area contributed by atoms with E-state index in [1.54, 1.807) is 19.1 Å². The molecule has 3 nitrogen and oxygen atoms in total. The highest BCUT2D eigenvalue weighted by Crippen LogP contribution is 2.19. The minimum absolute atomic E-state index is 0.144. The lowest BCUT2D eigenvalue weighted by Gasteiger charge is -2.28. The van der Waals surface area contributed by atoms with E-state index < -0.39 is 9.84 Å². The van der Waals surface area contributed by atoms with Gasteiger partial charge >= 0.3 is 0 Å². The molecule has 0 saturated carbocycles. The highest BCUT2D eigenvalue weighted by molar-refractivity contribution is 7.91. The van der Waals surface area contributed by atoms with Crippen LogP contribution in [-0.2, 0) is 16.4 Å². The fourth-order valence-corrected chi connectivity index (χ4v) is 2.44. The molecule has 0 aliphatic rings. The van der Waals surface area contributed by atoms with E-state index in [2.05, 4.69) is 33.0 Å². The Labute approximate surface area is 117 Å². The zero-order valence-electron chi connectivity index (χ0n) is 12.5. The normalized spacial score (nSPS) is 14.4. The van der Waals surface area contributed by atoms with Crippen molar-refractivity contribution in [3.8, 4) is 0 Å². The van der Waals surface area contributed by atoms with E-state index >= 15 is 0 Å². The van der Waals surface area contributed by atoms with Crippen LogP contribution in [0.3, 0.4) is 0 Å². The van der Waals surface area contributed by atoms with E-state index in [0.717, 1.165) is 12.1 Å². The minimum Gasteiger partial charge on any atom is -0.310 e. The van der Waals surface area contributed by atoms with Crippen molar-refractivity contribution in [1.29, 1.82) is 0 Å². The van der Waals surface area contributed by atoms with E-state index in [1.165, 1.54) is 0 Å². The Morgan fingerprint density at radius 3 is 2.11 bits per heavy atom. The third-order valence-corrected chi connectivity index (χ3v) is 5.32. The van der Waals surface area contributed by atoms with Crippen LogP contribution in [0.15, 0.2) is 29.2 Å². The Bertz CT molecular complexity index is 498. The van der Waals surface area contributed by atoms with Gasteiger partial charge in [-0.2, -0.15) is 0 Å². The van der Waals surface area contributed by atoms with Crippen molar-refractivity contribution in [2.24, 2.45) is 5.41 Å². The van der Waals surface area contributed by atoms with Gasteiger partial charge in [0.1, 0.15) is 0 Å². The van der Waals surface area contributed by atoms with Crippen LogP contribution in [0.1, 0.15) is 40.2 Å². The molecule has 0 aromatic heterocycles. The molecule has 1 unspecified atom stereocenters. The van der Waals surface area contributed by atoms with Crippen LogP contribution in [0, 0.1) is 5.41 Å². The summed E-state index contributed by atoms with van der Waals surface area (Å²) in [5, 5.41) is 3.46. The van der Waals surface area contributed by atoms with E-state index in [9.17, 15) is 8.42 Å². The third kappa shape index (κ3) is 4.62. The first-order valence-corrected chi connectivity index (χ1v) is 8.37. The zero-order chi connectivity index (χ0) is 14.7. The van der Waals surface area contributed by atoms with Crippen LogP contribution >= 0.6 is 0 Å². The monoisotopic (exact) mass is 283 g/mol. The van der Waals surface area contributed by atoms with Crippen LogP contribution in [0.25, 0.3) is 0 Å². The smallest absolute Gasteiger partial charge is 0.178 e. The molecule has 1 atom stereocenters. The number of nitrogens with one attached hydrogen (secondary N) is 1. The van der Waals surface area contributed by atoms with Gasteiger partial charge in [-0.25, -0.2) is 8.42 Å². The largest absolute Gasteiger partial charge is 0.310 e. The maximum atomic E-state index is 11.7. The van der Waals surface area contributed by atoms with Gasteiger partial charge in [0, 0.05) is 12.6 Å². The number of sulfone groups is 1. The van der Waals surface area contributed by atoms with Gasteiger partial charge in [-0.3, -0.25) is 0 Å². The quantitative estimate of drug-likeness (QED) is 0.903. The van der Waals surface area contributed by atoms with Crippen LogP contribution in [-0.4, -0.2) is 20.2 Å². The van der Waals surface area contributed by atoms with Gasteiger partial charge in [0.05, 0.1) is 10.6 Å². The summed E-state index contributed by atoms with van der Waals surface area (Å²) < 4.78 is 23.4. The van der Waals surface area contributed by atoms with Gasteiger partial charge in [-0.1, -0.05) is 39.8 Å². The van der Waals surface area contributed by atoms with Gasteiger partial charge < -0.3 is 5.32 Å². The van der Waals surface area contributed by atoms with Crippen molar-refractivity contribution < 1.29 is 8.42 Å². The molecule has 0 bridgehead atoms. The SMILES string of the molecule is CCS(=O)(=O)c1ccc(CNC(C)C(C)(C)C)cc1. The Morgan fingerprint density at radius 2 is 1.68 bits per heavy atom. The van der Waals surface area contributed by atoms with Crippen molar-refractivity contribution in [3.05, 3.63) is 29.8 Å². The molecule has 0 fully saturated rings. The number of hydrogen-bond acceptors (Lipinski definition) is 3. The first kappa shape index (κ1) is 16.2. The fourth-order valence-electron chi connectivity index (χ4n) is 1.56. The van der Waals surface area contributed by atoms with Crippen LogP contribution in [0.5, 0.6) is 0 Å².